The van der Waals surface area contributed by atoms with Crippen LogP contribution in [-0.4, -0.2) is 6.61 Å². The van der Waals surface area contributed by atoms with E-state index < -0.39 is 0 Å². The number of ether oxygens (including phenoxy) is 1. The van der Waals surface area contributed by atoms with E-state index in [1.807, 2.05) is 0 Å². The van der Waals surface area contributed by atoms with Gasteiger partial charge in [-0.15, -0.1) is 23.2 Å². The Morgan fingerprint density at radius 2 is 0.930 bits per heavy atom. The number of benzene rings is 5. The van der Waals surface area contributed by atoms with Gasteiger partial charge >= 0.3 is 0 Å². The predicted molar refractivity (Wildman–Crippen MR) is 186 cm³/mol. The van der Waals surface area contributed by atoms with Crippen molar-refractivity contribution in [1.82, 2.24) is 0 Å². The van der Waals surface area contributed by atoms with Crippen LogP contribution in [0.3, 0.4) is 0 Å². The van der Waals surface area contributed by atoms with E-state index in [2.05, 4.69) is 129 Å². The number of hydrogen-bond acceptors (Lipinski definition) is 1. The van der Waals surface area contributed by atoms with Crippen molar-refractivity contribution in [2.45, 2.75) is 51.3 Å². The summed E-state index contributed by atoms with van der Waals surface area (Å²) in [5.41, 5.74) is 11.2. The first kappa shape index (κ1) is 30.9. The highest BCUT2D eigenvalue weighted by atomic mass is 35.5. The average molecular weight is 608 g/mol. The summed E-state index contributed by atoms with van der Waals surface area (Å²) >= 11 is 13.9. The number of unbranched alkanes of at least 4 members (excludes halogenated alkanes) is 1. The molecule has 43 heavy (non-hydrogen) atoms. The van der Waals surface area contributed by atoms with Crippen molar-refractivity contribution < 1.29 is 4.74 Å². The number of hydrogen-bond donors (Lipinski definition) is 0. The Kier molecular flexibility index (Phi) is 11.0. The highest BCUT2D eigenvalue weighted by Crippen LogP contribution is 2.50. The highest BCUT2D eigenvalue weighted by molar-refractivity contribution is 6.21. The summed E-state index contributed by atoms with van der Waals surface area (Å²) in [4.78, 5) is 0. The van der Waals surface area contributed by atoms with Crippen molar-refractivity contribution in [3.05, 3.63) is 126 Å². The van der Waals surface area contributed by atoms with Crippen LogP contribution in [0.5, 0.6) is 5.75 Å². The molecule has 0 spiro atoms. The van der Waals surface area contributed by atoms with Gasteiger partial charge < -0.3 is 4.74 Å². The molecule has 0 aromatic heterocycles. The van der Waals surface area contributed by atoms with Crippen LogP contribution in [0.1, 0.15) is 50.7 Å². The van der Waals surface area contributed by atoms with E-state index in [1.165, 1.54) is 19.3 Å². The van der Waals surface area contributed by atoms with E-state index in [4.69, 9.17) is 27.9 Å². The van der Waals surface area contributed by atoms with Gasteiger partial charge in [0.25, 0.3) is 0 Å². The van der Waals surface area contributed by atoms with E-state index in [0.29, 0.717) is 17.7 Å². The van der Waals surface area contributed by atoms with Crippen LogP contribution < -0.4 is 4.74 Å². The van der Waals surface area contributed by atoms with E-state index >= 15 is 0 Å². The lowest BCUT2D eigenvalue weighted by molar-refractivity contribution is 0.233. The average Bonchev–Trinajstić information content (AvgIpc) is 3.08. The molecular formula is C40H40Cl2O. The van der Waals surface area contributed by atoms with Crippen LogP contribution in [0.2, 0.25) is 0 Å². The topological polar surface area (TPSA) is 9.23 Å². The molecule has 5 aromatic carbocycles. The van der Waals surface area contributed by atoms with Crippen molar-refractivity contribution in [3.63, 3.8) is 0 Å². The van der Waals surface area contributed by atoms with Gasteiger partial charge in [0, 0.05) is 11.8 Å². The number of halogens is 2. The Hall–Kier alpha value is -3.52. The number of rotatable bonds is 13. The fourth-order valence-electron chi connectivity index (χ4n) is 6.04. The molecule has 1 nitrogen and oxygen atoms in total. The van der Waals surface area contributed by atoms with Crippen molar-refractivity contribution in [2.24, 2.45) is 5.92 Å². The Morgan fingerprint density at radius 1 is 0.535 bits per heavy atom. The normalized spacial score (nSPS) is 11.8. The summed E-state index contributed by atoms with van der Waals surface area (Å²) < 4.78 is 6.29. The number of alkyl halides is 2. The van der Waals surface area contributed by atoms with E-state index in [9.17, 15) is 0 Å². The van der Waals surface area contributed by atoms with Crippen LogP contribution >= 0.6 is 23.2 Å². The van der Waals surface area contributed by atoms with Gasteiger partial charge in [-0.3, -0.25) is 0 Å². The molecule has 5 aromatic rings. The van der Waals surface area contributed by atoms with Crippen LogP contribution in [0.15, 0.2) is 115 Å². The molecule has 0 aliphatic heterocycles. The molecule has 0 saturated heterocycles. The van der Waals surface area contributed by atoms with Crippen molar-refractivity contribution in [1.29, 1.82) is 0 Å². The summed E-state index contributed by atoms with van der Waals surface area (Å²) in [5.74, 6) is 2.20. The zero-order chi connectivity index (χ0) is 30.0. The summed E-state index contributed by atoms with van der Waals surface area (Å²) in [6.45, 7) is 5.25. The summed E-state index contributed by atoms with van der Waals surface area (Å²) in [5, 5.41) is 0. The first-order chi connectivity index (χ1) is 21.2. The van der Waals surface area contributed by atoms with Crippen LogP contribution in [-0.2, 0) is 11.8 Å². The summed E-state index contributed by atoms with van der Waals surface area (Å²) in [6, 6.07) is 40.2. The Bertz CT molecular complexity index is 1580. The molecule has 0 saturated carbocycles. The molecule has 0 heterocycles. The molecule has 0 fully saturated rings. The molecule has 0 amide bonds. The lowest BCUT2D eigenvalue weighted by Gasteiger charge is -2.27. The van der Waals surface area contributed by atoms with E-state index in [-0.39, 0.29) is 0 Å². The fraction of sp³-hybridized carbons (Fsp3) is 0.250. The zero-order valence-electron chi connectivity index (χ0n) is 25.2. The van der Waals surface area contributed by atoms with Gasteiger partial charge in [0.1, 0.15) is 5.75 Å². The van der Waals surface area contributed by atoms with Crippen molar-refractivity contribution in [2.75, 3.05) is 6.61 Å². The molecule has 3 heteroatoms. The first-order valence-electron chi connectivity index (χ1n) is 15.4. The van der Waals surface area contributed by atoms with Gasteiger partial charge in [-0.1, -0.05) is 136 Å². The molecule has 1 unspecified atom stereocenters. The second-order valence-electron chi connectivity index (χ2n) is 11.1. The second kappa shape index (κ2) is 15.3. The Labute approximate surface area is 267 Å². The van der Waals surface area contributed by atoms with Gasteiger partial charge in [0.2, 0.25) is 0 Å². The summed E-state index contributed by atoms with van der Waals surface area (Å²) in [7, 11) is 0. The summed E-state index contributed by atoms with van der Waals surface area (Å²) in [6.07, 6.45) is 4.81. The SMILES string of the molecule is CCCCC(CC)COc1ccc(-c2c(CCl)c(-c3ccccc3)c(-c3ccccc3)c(CCl)c2-c2ccccc2)cc1. The lowest BCUT2D eigenvalue weighted by atomic mass is 9.78. The quantitative estimate of drug-likeness (QED) is 0.121. The van der Waals surface area contributed by atoms with Crippen molar-refractivity contribution in [3.8, 4) is 50.3 Å². The maximum Gasteiger partial charge on any atom is 0.119 e. The third-order valence-electron chi connectivity index (χ3n) is 8.33. The molecular weight excluding hydrogens is 567 g/mol. The minimum absolute atomic E-state index is 0.357. The van der Waals surface area contributed by atoms with E-state index in [0.717, 1.165) is 74.4 Å². The van der Waals surface area contributed by atoms with Crippen LogP contribution in [0.4, 0.5) is 0 Å². The van der Waals surface area contributed by atoms with Crippen LogP contribution in [0, 0.1) is 5.92 Å². The fourth-order valence-corrected chi connectivity index (χ4v) is 6.57. The second-order valence-corrected chi connectivity index (χ2v) is 11.6. The molecule has 0 aliphatic carbocycles. The predicted octanol–water partition coefficient (Wildman–Crippen LogP) is 12.4. The van der Waals surface area contributed by atoms with Gasteiger partial charge in [0.05, 0.1) is 6.61 Å². The third kappa shape index (κ3) is 7.01. The maximum absolute atomic E-state index is 6.97. The Balaban J connectivity index is 1.74. The molecule has 0 aliphatic rings. The molecule has 220 valence electrons. The zero-order valence-corrected chi connectivity index (χ0v) is 26.7. The highest BCUT2D eigenvalue weighted by Gasteiger charge is 2.26. The van der Waals surface area contributed by atoms with Crippen molar-refractivity contribution >= 4 is 23.2 Å². The third-order valence-corrected chi connectivity index (χ3v) is 8.87. The van der Waals surface area contributed by atoms with E-state index in [1.54, 1.807) is 0 Å². The minimum atomic E-state index is 0.357. The molecule has 0 radical (unpaired) electrons. The molecule has 0 N–H and O–H groups in total. The van der Waals surface area contributed by atoms with Gasteiger partial charge in [-0.25, -0.2) is 0 Å². The van der Waals surface area contributed by atoms with Gasteiger partial charge in [-0.05, 0) is 80.1 Å². The monoisotopic (exact) mass is 606 g/mol. The Morgan fingerprint density at radius 3 is 1.28 bits per heavy atom. The molecule has 1 atom stereocenters. The minimum Gasteiger partial charge on any atom is -0.493 e. The smallest absolute Gasteiger partial charge is 0.119 e. The van der Waals surface area contributed by atoms with Gasteiger partial charge in [-0.2, -0.15) is 0 Å². The largest absolute Gasteiger partial charge is 0.493 e. The maximum atomic E-state index is 6.97. The first-order valence-corrected chi connectivity index (χ1v) is 16.5. The molecule has 5 rings (SSSR count). The molecule has 0 bridgehead atoms. The van der Waals surface area contributed by atoms with Crippen LogP contribution in [0.25, 0.3) is 44.5 Å². The van der Waals surface area contributed by atoms with Gasteiger partial charge in [0.15, 0.2) is 0 Å². The lowest BCUT2D eigenvalue weighted by Crippen LogP contribution is -2.11. The standard InChI is InChI=1S/C40H40Cl2O/c1-3-5-15-29(4-2)28-43-34-24-22-33(23-25-34)40-36(27-42)38(31-18-11-7-12-19-31)37(30-16-9-6-10-17-30)35(26-41)39(40)32-20-13-8-14-21-32/h6-14,16-25,29H,3-5,15,26-28H2,1-2H3.